The van der Waals surface area contributed by atoms with Gasteiger partial charge in [-0.15, -0.1) is 0 Å². The van der Waals surface area contributed by atoms with Crippen molar-refractivity contribution in [2.45, 2.75) is 26.3 Å². The second-order valence-electron chi connectivity index (χ2n) is 3.36. The number of ether oxygens (including phenoxy) is 1. The smallest absolute Gasteiger partial charge is 0.156 e. The van der Waals surface area contributed by atoms with Gasteiger partial charge in [0.2, 0.25) is 0 Å². The van der Waals surface area contributed by atoms with Crippen LogP contribution in [0.25, 0.3) is 0 Å². The lowest BCUT2D eigenvalue weighted by molar-refractivity contribution is 0.168. The number of halogens is 1. The highest BCUT2D eigenvalue weighted by atomic mass is 35.5. The highest BCUT2D eigenvalue weighted by Crippen LogP contribution is 2.28. The zero-order valence-corrected chi connectivity index (χ0v) is 9.27. The van der Waals surface area contributed by atoms with Crippen LogP contribution in [0.1, 0.15) is 27.8 Å². The quantitative estimate of drug-likeness (QED) is 0.661. The second-order valence-corrected chi connectivity index (χ2v) is 3.76. The molecule has 13 heavy (non-hydrogen) atoms. The molecule has 0 saturated carbocycles. The molecule has 0 fully saturated rings. The lowest BCUT2D eigenvalue weighted by atomic mass is 10.0. The third-order valence-corrected chi connectivity index (χ3v) is 2.57. The second kappa shape index (κ2) is 4.12. The molecule has 0 aromatic heterocycles. The molecule has 0 aliphatic heterocycles. The average molecular weight is 199 g/mol. The number of hydrogen-bond acceptors (Lipinski definition) is 1. The first-order chi connectivity index (χ1) is 6.06. The zero-order valence-electron chi connectivity index (χ0n) is 8.52. The molecule has 1 rings (SSSR count). The highest BCUT2D eigenvalue weighted by molar-refractivity contribution is 6.20. The number of hydrogen-bond donors (Lipinski definition) is 0. The standard InChI is InChI=1S/C11H15ClO/c1-7-5-8(2)10(9(3)6-7)11(12)13-4/h5-6,11H,1-4H3. The summed E-state index contributed by atoms with van der Waals surface area (Å²) in [4.78, 5) is 0. The Morgan fingerprint density at radius 1 is 1.15 bits per heavy atom. The number of rotatable bonds is 2. The van der Waals surface area contributed by atoms with Crippen molar-refractivity contribution in [1.82, 2.24) is 0 Å². The summed E-state index contributed by atoms with van der Waals surface area (Å²) >= 11 is 6.03. The normalized spacial score (nSPS) is 13.0. The molecule has 72 valence electrons. The van der Waals surface area contributed by atoms with Crippen molar-refractivity contribution in [3.05, 3.63) is 34.4 Å². The minimum Gasteiger partial charge on any atom is -0.361 e. The topological polar surface area (TPSA) is 9.23 Å². The lowest BCUT2D eigenvalue weighted by Gasteiger charge is -2.15. The molecular formula is C11H15ClO. The molecule has 2 heteroatoms. The van der Waals surface area contributed by atoms with Crippen LogP contribution in [0.15, 0.2) is 12.1 Å². The Labute approximate surface area is 84.7 Å². The van der Waals surface area contributed by atoms with Crippen molar-refractivity contribution in [1.29, 1.82) is 0 Å². The monoisotopic (exact) mass is 198 g/mol. The lowest BCUT2D eigenvalue weighted by Crippen LogP contribution is -2.00. The first-order valence-corrected chi connectivity index (χ1v) is 4.74. The van der Waals surface area contributed by atoms with Crippen molar-refractivity contribution in [2.75, 3.05) is 7.11 Å². The van der Waals surface area contributed by atoms with Crippen LogP contribution in [0.4, 0.5) is 0 Å². The van der Waals surface area contributed by atoms with E-state index >= 15 is 0 Å². The van der Waals surface area contributed by atoms with E-state index in [0.717, 1.165) is 5.56 Å². The Balaban J connectivity index is 3.20. The molecule has 0 heterocycles. The van der Waals surface area contributed by atoms with E-state index in [0.29, 0.717) is 0 Å². The highest BCUT2D eigenvalue weighted by Gasteiger charge is 2.12. The summed E-state index contributed by atoms with van der Waals surface area (Å²) in [7, 11) is 1.62. The van der Waals surface area contributed by atoms with E-state index in [-0.39, 0.29) is 5.56 Å². The van der Waals surface area contributed by atoms with E-state index < -0.39 is 0 Å². The van der Waals surface area contributed by atoms with Gasteiger partial charge in [-0.3, -0.25) is 0 Å². The van der Waals surface area contributed by atoms with Crippen LogP contribution in [0.2, 0.25) is 0 Å². The van der Waals surface area contributed by atoms with Crippen molar-refractivity contribution in [2.24, 2.45) is 0 Å². The maximum Gasteiger partial charge on any atom is 0.156 e. The summed E-state index contributed by atoms with van der Waals surface area (Å²) in [6.07, 6.45) is 0. The van der Waals surface area contributed by atoms with Gasteiger partial charge in [-0.05, 0) is 31.9 Å². The van der Waals surface area contributed by atoms with Gasteiger partial charge in [-0.2, -0.15) is 0 Å². The summed E-state index contributed by atoms with van der Waals surface area (Å²) in [5.74, 6) is 0. The van der Waals surface area contributed by atoms with Gasteiger partial charge in [0, 0.05) is 12.7 Å². The number of benzene rings is 1. The van der Waals surface area contributed by atoms with Crippen LogP contribution >= 0.6 is 11.6 Å². The van der Waals surface area contributed by atoms with Gasteiger partial charge < -0.3 is 4.74 Å². The largest absolute Gasteiger partial charge is 0.361 e. The molecule has 0 amide bonds. The average Bonchev–Trinajstić information content (AvgIpc) is 2.02. The molecule has 0 saturated heterocycles. The molecule has 0 N–H and O–H groups in total. The van der Waals surface area contributed by atoms with Gasteiger partial charge in [-0.25, -0.2) is 0 Å². The van der Waals surface area contributed by atoms with Gasteiger partial charge in [0.1, 0.15) is 0 Å². The van der Waals surface area contributed by atoms with E-state index in [1.165, 1.54) is 16.7 Å². The number of alkyl halides is 1. The summed E-state index contributed by atoms with van der Waals surface area (Å²) in [5, 5.41) is 0. The summed E-state index contributed by atoms with van der Waals surface area (Å²) in [6.45, 7) is 6.20. The minimum atomic E-state index is -0.333. The van der Waals surface area contributed by atoms with Crippen LogP contribution < -0.4 is 0 Å². The Hall–Kier alpha value is -0.530. The van der Waals surface area contributed by atoms with Gasteiger partial charge in [0.15, 0.2) is 5.56 Å². The Kier molecular flexibility index (Phi) is 3.34. The molecule has 1 aromatic rings. The van der Waals surface area contributed by atoms with E-state index in [1.807, 2.05) is 0 Å². The predicted octanol–water partition coefficient (Wildman–Crippen LogP) is 3.50. The van der Waals surface area contributed by atoms with Gasteiger partial charge >= 0.3 is 0 Å². The molecule has 1 unspecified atom stereocenters. The number of methoxy groups -OCH3 is 1. The molecule has 0 spiro atoms. The summed E-state index contributed by atoms with van der Waals surface area (Å²) < 4.78 is 5.10. The number of aryl methyl sites for hydroxylation is 3. The third-order valence-electron chi connectivity index (χ3n) is 2.17. The summed E-state index contributed by atoms with van der Waals surface area (Å²) in [5.41, 5.74) is 4.41. The van der Waals surface area contributed by atoms with Crippen LogP contribution in [0, 0.1) is 20.8 Å². The molecule has 0 bridgehead atoms. The van der Waals surface area contributed by atoms with E-state index in [9.17, 15) is 0 Å². The van der Waals surface area contributed by atoms with Crippen molar-refractivity contribution < 1.29 is 4.74 Å². The van der Waals surface area contributed by atoms with Crippen molar-refractivity contribution >= 4 is 11.6 Å². The van der Waals surface area contributed by atoms with Crippen molar-refractivity contribution in [3.63, 3.8) is 0 Å². The van der Waals surface area contributed by atoms with Crippen molar-refractivity contribution in [3.8, 4) is 0 Å². The SMILES string of the molecule is COC(Cl)c1c(C)cc(C)cc1C. The van der Waals surface area contributed by atoms with Crippen LogP contribution in [-0.4, -0.2) is 7.11 Å². The van der Waals surface area contributed by atoms with Gasteiger partial charge in [-0.1, -0.05) is 29.3 Å². The van der Waals surface area contributed by atoms with E-state index in [2.05, 4.69) is 32.9 Å². The molecule has 1 atom stereocenters. The van der Waals surface area contributed by atoms with E-state index in [1.54, 1.807) is 7.11 Å². The first kappa shape index (κ1) is 10.6. The van der Waals surface area contributed by atoms with E-state index in [4.69, 9.17) is 16.3 Å². The maximum atomic E-state index is 6.03. The fourth-order valence-corrected chi connectivity index (χ4v) is 2.01. The molecule has 0 aliphatic rings. The molecule has 0 radical (unpaired) electrons. The van der Waals surface area contributed by atoms with Gasteiger partial charge in [0.25, 0.3) is 0 Å². The third kappa shape index (κ3) is 2.23. The Bertz CT molecular complexity index is 284. The van der Waals surface area contributed by atoms with Crippen LogP contribution in [0.3, 0.4) is 0 Å². The van der Waals surface area contributed by atoms with Crippen LogP contribution in [-0.2, 0) is 4.74 Å². The Morgan fingerprint density at radius 2 is 1.62 bits per heavy atom. The minimum absolute atomic E-state index is 0.333. The fraction of sp³-hybridized carbons (Fsp3) is 0.455. The molecular weight excluding hydrogens is 184 g/mol. The zero-order chi connectivity index (χ0) is 10.0. The summed E-state index contributed by atoms with van der Waals surface area (Å²) in [6, 6.07) is 4.24. The fourth-order valence-electron chi connectivity index (χ4n) is 1.67. The Morgan fingerprint density at radius 3 is 2.00 bits per heavy atom. The van der Waals surface area contributed by atoms with Crippen LogP contribution in [0.5, 0.6) is 0 Å². The molecule has 0 aliphatic carbocycles. The predicted molar refractivity (Wildman–Crippen MR) is 56.3 cm³/mol. The maximum absolute atomic E-state index is 6.03. The molecule has 1 nitrogen and oxygen atoms in total. The molecule has 1 aromatic carbocycles. The first-order valence-electron chi connectivity index (χ1n) is 4.31. The van der Waals surface area contributed by atoms with Gasteiger partial charge in [0.05, 0.1) is 0 Å².